The normalized spacial score (nSPS) is 13.8. The maximum absolute atomic E-state index is 12.4. The van der Waals surface area contributed by atoms with E-state index in [1.165, 1.54) is 0 Å². The van der Waals surface area contributed by atoms with Crippen molar-refractivity contribution >= 4 is 5.91 Å². The molecule has 0 radical (unpaired) electrons. The number of aromatic amines is 1. The van der Waals surface area contributed by atoms with E-state index in [1.54, 1.807) is 31.5 Å². The number of hydrogen-bond acceptors (Lipinski definition) is 6. The standard InChI is InChI=1S/C19H20N6O2/c1-3-4-7-19(24-25-19)8-10-21-16(26)11-15-13(2)22-17(23-18(15)27)14-6-5-9-20-12-14/h1,5-6,9,12H,4,7-8,10-11H2,2H3,(H,21,26)(H,22,23,27). The van der Waals surface area contributed by atoms with Crippen LogP contribution in [0.4, 0.5) is 0 Å². The second kappa shape index (κ2) is 7.91. The number of terminal acetylenes is 1. The van der Waals surface area contributed by atoms with Crippen molar-refractivity contribution in [2.24, 2.45) is 10.2 Å². The van der Waals surface area contributed by atoms with E-state index in [-0.39, 0.29) is 17.9 Å². The molecule has 138 valence electrons. The highest BCUT2D eigenvalue weighted by atomic mass is 16.2. The Balaban J connectivity index is 1.58. The molecule has 8 heteroatoms. The summed E-state index contributed by atoms with van der Waals surface area (Å²) in [5.41, 5.74) is 0.825. The Kier molecular flexibility index (Phi) is 5.41. The molecule has 2 N–H and O–H groups in total. The van der Waals surface area contributed by atoms with E-state index < -0.39 is 5.66 Å². The van der Waals surface area contributed by atoms with Crippen LogP contribution in [0.15, 0.2) is 39.5 Å². The van der Waals surface area contributed by atoms with Crippen molar-refractivity contribution in [2.45, 2.75) is 38.3 Å². The van der Waals surface area contributed by atoms with Gasteiger partial charge in [0, 0.05) is 55.0 Å². The highest BCUT2D eigenvalue weighted by Crippen LogP contribution is 2.35. The Hall–Kier alpha value is -3.34. The fourth-order valence-corrected chi connectivity index (χ4v) is 2.75. The van der Waals surface area contributed by atoms with Crippen molar-refractivity contribution in [1.82, 2.24) is 20.3 Å². The van der Waals surface area contributed by atoms with Crippen LogP contribution >= 0.6 is 0 Å². The van der Waals surface area contributed by atoms with Crippen molar-refractivity contribution in [3.05, 3.63) is 46.1 Å². The van der Waals surface area contributed by atoms with E-state index in [2.05, 4.69) is 36.4 Å². The molecule has 0 unspecified atom stereocenters. The summed E-state index contributed by atoms with van der Waals surface area (Å²) in [6, 6.07) is 3.57. The molecule has 0 atom stereocenters. The lowest BCUT2D eigenvalue weighted by Crippen LogP contribution is -2.32. The molecule has 8 nitrogen and oxygen atoms in total. The third-order valence-corrected chi connectivity index (χ3v) is 4.39. The Morgan fingerprint density at radius 3 is 2.81 bits per heavy atom. The van der Waals surface area contributed by atoms with Crippen molar-refractivity contribution in [1.29, 1.82) is 0 Å². The van der Waals surface area contributed by atoms with Gasteiger partial charge in [0.15, 0.2) is 5.66 Å². The smallest absolute Gasteiger partial charge is 0.255 e. The number of amides is 1. The molecule has 1 aliphatic heterocycles. The summed E-state index contributed by atoms with van der Waals surface area (Å²) in [7, 11) is 0. The minimum atomic E-state index is -0.431. The van der Waals surface area contributed by atoms with E-state index in [9.17, 15) is 9.59 Å². The lowest BCUT2D eigenvalue weighted by atomic mass is 10.0. The zero-order valence-electron chi connectivity index (χ0n) is 15.0. The first kappa shape index (κ1) is 18.5. The van der Waals surface area contributed by atoms with E-state index in [0.717, 1.165) is 0 Å². The molecule has 0 aromatic carbocycles. The molecule has 1 amide bonds. The number of carbonyl (C=O) groups excluding carboxylic acids is 1. The second-order valence-corrected chi connectivity index (χ2v) is 6.38. The third-order valence-electron chi connectivity index (χ3n) is 4.39. The highest BCUT2D eigenvalue weighted by molar-refractivity contribution is 5.78. The topological polar surface area (TPSA) is 112 Å². The zero-order valence-corrected chi connectivity index (χ0v) is 15.0. The highest BCUT2D eigenvalue weighted by Gasteiger charge is 2.38. The summed E-state index contributed by atoms with van der Waals surface area (Å²) in [4.78, 5) is 35.7. The molecule has 0 fully saturated rings. The zero-order chi connectivity index (χ0) is 19.3. The lowest BCUT2D eigenvalue weighted by Gasteiger charge is -2.11. The van der Waals surface area contributed by atoms with Crippen LogP contribution < -0.4 is 10.9 Å². The Morgan fingerprint density at radius 2 is 2.19 bits per heavy atom. The van der Waals surface area contributed by atoms with Crippen LogP contribution in [0.3, 0.4) is 0 Å². The molecule has 0 saturated heterocycles. The molecule has 0 spiro atoms. The Morgan fingerprint density at radius 1 is 1.37 bits per heavy atom. The molecule has 0 bridgehead atoms. The lowest BCUT2D eigenvalue weighted by molar-refractivity contribution is -0.120. The SMILES string of the molecule is C#CCCC1(CCNC(=O)Cc2c(C)nc(-c3cccnc3)[nH]c2=O)N=N1. The molecule has 0 aliphatic carbocycles. The van der Waals surface area contributed by atoms with Gasteiger partial charge in [0.1, 0.15) is 5.82 Å². The van der Waals surface area contributed by atoms with E-state index in [1.807, 2.05) is 0 Å². The minimum absolute atomic E-state index is 0.0346. The van der Waals surface area contributed by atoms with Gasteiger partial charge in [0.05, 0.1) is 6.42 Å². The van der Waals surface area contributed by atoms with Gasteiger partial charge in [-0.05, 0) is 19.1 Å². The summed E-state index contributed by atoms with van der Waals surface area (Å²) in [5, 5.41) is 10.9. The van der Waals surface area contributed by atoms with E-state index in [0.29, 0.717) is 48.5 Å². The van der Waals surface area contributed by atoms with Crippen LogP contribution in [0, 0.1) is 19.3 Å². The Bertz CT molecular complexity index is 952. The fraction of sp³-hybridized carbons (Fsp3) is 0.368. The molecule has 2 aromatic heterocycles. The molecular weight excluding hydrogens is 344 g/mol. The van der Waals surface area contributed by atoms with Crippen LogP contribution in [0.25, 0.3) is 11.4 Å². The number of carbonyl (C=O) groups is 1. The van der Waals surface area contributed by atoms with Crippen LogP contribution in [0.5, 0.6) is 0 Å². The molecule has 27 heavy (non-hydrogen) atoms. The molecule has 2 aromatic rings. The van der Waals surface area contributed by atoms with Crippen molar-refractivity contribution in [2.75, 3.05) is 6.54 Å². The Labute approximate surface area is 156 Å². The largest absolute Gasteiger partial charge is 0.356 e. The predicted octanol–water partition coefficient (Wildman–Crippen LogP) is 1.76. The number of nitrogens with zero attached hydrogens (tertiary/aromatic N) is 4. The summed E-state index contributed by atoms with van der Waals surface area (Å²) < 4.78 is 0. The van der Waals surface area contributed by atoms with Gasteiger partial charge in [0.25, 0.3) is 5.56 Å². The quantitative estimate of drug-likeness (QED) is 0.695. The van der Waals surface area contributed by atoms with E-state index >= 15 is 0 Å². The van der Waals surface area contributed by atoms with Crippen LogP contribution in [-0.4, -0.2) is 33.1 Å². The number of nitrogens with one attached hydrogen (secondary N) is 2. The van der Waals surface area contributed by atoms with E-state index in [4.69, 9.17) is 6.42 Å². The van der Waals surface area contributed by atoms with Crippen LogP contribution in [0.1, 0.15) is 30.5 Å². The first-order valence-corrected chi connectivity index (χ1v) is 8.67. The number of rotatable bonds is 8. The van der Waals surface area contributed by atoms with Gasteiger partial charge in [-0.25, -0.2) is 4.98 Å². The van der Waals surface area contributed by atoms with Gasteiger partial charge in [-0.15, -0.1) is 12.3 Å². The number of pyridine rings is 1. The van der Waals surface area contributed by atoms with Crippen molar-refractivity contribution in [3.8, 4) is 23.7 Å². The first-order valence-electron chi connectivity index (χ1n) is 8.67. The molecule has 3 heterocycles. The molecular formula is C19H20N6O2. The number of aromatic nitrogens is 3. The molecule has 1 aliphatic rings. The van der Waals surface area contributed by atoms with Gasteiger partial charge in [0.2, 0.25) is 5.91 Å². The fourth-order valence-electron chi connectivity index (χ4n) is 2.75. The minimum Gasteiger partial charge on any atom is -0.356 e. The maximum atomic E-state index is 12.4. The molecule has 0 saturated carbocycles. The third kappa shape index (κ3) is 4.64. The van der Waals surface area contributed by atoms with Gasteiger partial charge in [-0.3, -0.25) is 14.6 Å². The number of hydrogen-bond donors (Lipinski definition) is 2. The summed E-state index contributed by atoms with van der Waals surface area (Å²) in [5.74, 6) is 2.76. The summed E-state index contributed by atoms with van der Waals surface area (Å²) >= 11 is 0. The van der Waals surface area contributed by atoms with Gasteiger partial charge >= 0.3 is 0 Å². The number of aryl methyl sites for hydroxylation is 1. The second-order valence-electron chi connectivity index (χ2n) is 6.38. The number of H-pyrrole nitrogens is 1. The monoisotopic (exact) mass is 364 g/mol. The first-order chi connectivity index (χ1) is 13.0. The van der Waals surface area contributed by atoms with Crippen LogP contribution in [-0.2, 0) is 11.2 Å². The summed E-state index contributed by atoms with van der Waals surface area (Å²) in [6.45, 7) is 2.14. The van der Waals surface area contributed by atoms with Crippen molar-refractivity contribution in [3.63, 3.8) is 0 Å². The van der Waals surface area contributed by atoms with Gasteiger partial charge < -0.3 is 10.3 Å². The molecule has 3 rings (SSSR count). The van der Waals surface area contributed by atoms with Crippen LogP contribution in [0.2, 0.25) is 0 Å². The van der Waals surface area contributed by atoms with Gasteiger partial charge in [-0.2, -0.15) is 10.2 Å². The van der Waals surface area contributed by atoms with Gasteiger partial charge in [-0.1, -0.05) is 0 Å². The predicted molar refractivity (Wildman–Crippen MR) is 99.8 cm³/mol. The average molecular weight is 364 g/mol. The van der Waals surface area contributed by atoms with Crippen molar-refractivity contribution < 1.29 is 4.79 Å². The average Bonchev–Trinajstić information content (AvgIpc) is 3.43. The summed E-state index contributed by atoms with van der Waals surface area (Å²) in [6.07, 6.45) is 10.4. The maximum Gasteiger partial charge on any atom is 0.255 e.